The van der Waals surface area contributed by atoms with Gasteiger partial charge in [0.25, 0.3) is 0 Å². The van der Waals surface area contributed by atoms with E-state index in [0.29, 0.717) is 0 Å². The van der Waals surface area contributed by atoms with Crippen molar-refractivity contribution < 1.29 is 0 Å². The van der Waals surface area contributed by atoms with E-state index in [9.17, 15) is 0 Å². The first-order chi connectivity index (χ1) is 18.2. The van der Waals surface area contributed by atoms with E-state index in [1.807, 2.05) is 13.0 Å². The number of benzene rings is 5. The molecule has 5 aromatic carbocycles. The largest absolute Gasteiger partial charge is 0.398 e. The van der Waals surface area contributed by atoms with Gasteiger partial charge in [0.15, 0.2) is 0 Å². The van der Waals surface area contributed by atoms with E-state index in [0.717, 1.165) is 23.2 Å². The molecule has 0 aromatic heterocycles. The number of fused-ring (bicyclic) bond motifs is 3. The highest BCUT2D eigenvalue weighted by atomic mass is 14.6. The summed E-state index contributed by atoms with van der Waals surface area (Å²) >= 11 is 0. The van der Waals surface area contributed by atoms with Crippen molar-refractivity contribution in [2.45, 2.75) is 13.3 Å². The molecule has 0 radical (unpaired) electrons. The molecule has 0 aliphatic heterocycles. The predicted molar refractivity (Wildman–Crippen MR) is 162 cm³/mol. The number of hydrogen-bond acceptors (Lipinski definition) is 1. The molecule has 2 N–H and O–H groups in total. The Hall–Kier alpha value is -4.62. The van der Waals surface area contributed by atoms with Crippen LogP contribution >= 0.6 is 0 Å². The van der Waals surface area contributed by atoms with Crippen LogP contribution in [-0.4, -0.2) is 0 Å². The molecule has 1 nitrogen and oxygen atoms in total. The van der Waals surface area contributed by atoms with Crippen LogP contribution in [0.25, 0.3) is 50.4 Å². The topological polar surface area (TPSA) is 26.0 Å². The summed E-state index contributed by atoms with van der Waals surface area (Å²) in [6.07, 6.45) is 11.3. The molecule has 0 amide bonds. The van der Waals surface area contributed by atoms with E-state index < -0.39 is 0 Å². The van der Waals surface area contributed by atoms with Gasteiger partial charge in [0.2, 0.25) is 0 Å². The van der Waals surface area contributed by atoms with E-state index in [2.05, 4.69) is 122 Å². The van der Waals surface area contributed by atoms with Crippen LogP contribution in [0.2, 0.25) is 0 Å². The van der Waals surface area contributed by atoms with Gasteiger partial charge in [-0.15, -0.1) is 0 Å². The molecular formula is C36H29N. The summed E-state index contributed by atoms with van der Waals surface area (Å²) in [6, 6.07) is 32.7. The lowest BCUT2D eigenvalue weighted by Crippen LogP contribution is -2.08. The lowest BCUT2D eigenvalue weighted by molar-refractivity contribution is 1.18. The average Bonchev–Trinajstić information content (AvgIpc) is 2.94. The maximum Gasteiger partial charge on any atom is 0.0470 e. The summed E-state index contributed by atoms with van der Waals surface area (Å²) in [5.74, 6) is 0. The van der Waals surface area contributed by atoms with Gasteiger partial charge in [-0.05, 0) is 92.6 Å². The fourth-order valence-corrected chi connectivity index (χ4v) is 5.51. The first-order valence-electron chi connectivity index (χ1n) is 12.8. The Balaban J connectivity index is 1.56. The molecule has 1 aliphatic rings. The third kappa shape index (κ3) is 4.09. The number of hydrogen-bond donors (Lipinski definition) is 1. The number of anilines is 1. The first kappa shape index (κ1) is 22.8. The standard InChI is InChI=1S/C36H29N/c1-3-9-28-21-31-22-34(30-18-16-25-12-6-8-14-27(25)20-30)32(10-4-2)36(37)35(31)23-33(28)29-17-15-24-11-5-7-13-26(24)19-29/h3-20,22-23H,1,21,37H2,2H3/b10-4-,28-9+. The summed E-state index contributed by atoms with van der Waals surface area (Å²) in [7, 11) is 0. The Morgan fingerprint density at radius 1 is 0.757 bits per heavy atom. The zero-order chi connectivity index (χ0) is 25.4. The van der Waals surface area contributed by atoms with Gasteiger partial charge >= 0.3 is 0 Å². The minimum atomic E-state index is 0.806. The van der Waals surface area contributed by atoms with Crippen molar-refractivity contribution in [3.63, 3.8) is 0 Å². The lowest BCUT2D eigenvalue weighted by Gasteiger charge is -2.25. The van der Waals surface area contributed by atoms with Gasteiger partial charge in [-0.1, -0.05) is 104 Å². The molecule has 0 saturated carbocycles. The molecular weight excluding hydrogens is 446 g/mol. The predicted octanol–water partition coefficient (Wildman–Crippen LogP) is 9.48. The summed E-state index contributed by atoms with van der Waals surface area (Å²) in [5, 5.41) is 4.95. The van der Waals surface area contributed by atoms with Crippen molar-refractivity contribution >= 4 is 45.0 Å². The Morgan fingerprint density at radius 3 is 2.03 bits per heavy atom. The van der Waals surface area contributed by atoms with E-state index >= 15 is 0 Å². The van der Waals surface area contributed by atoms with Crippen LogP contribution in [0.4, 0.5) is 5.69 Å². The third-order valence-corrected chi connectivity index (χ3v) is 7.32. The van der Waals surface area contributed by atoms with E-state index in [1.54, 1.807) is 0 Å². The highest BCUT2D eigenvalue weighted by Gasteiger charge is 2.22. The number of allylic oxidation sites excluding steroid dienone is 5. The summed E-state index contributed by atoms with van der Waals surface area (Å²) in [4.78, 5) is 0. The number of nitrogen functional groups attached to an aromatic ring is 1. The fraction of sp³-hybridized carbons (Fsp3) is 0.0556. The second kappa shape index (κ2) is 9.44. The molecule has 0 atom stereocenters. The van der Waals surface area contributed by atoms with Gasteiger partial charge in [0.1, 0.15) is 0 Å². The van der Waals surface area contributed by atoms with Crippen molar-refractivity contribution in [2.75, 3.05) is 5.73 Å². The second-order valence-corrected chi connectivity index (χ2v) is 9.61. The smallest absolute Gasteiger partial charge is 0.0470 e. The van der Waals surface area contributed by atoms with Crippen molar-refractivity contribution in [3.8, 4) is 11.1 Å². The molecule has 0 spiro atoms. The Morgan fingerprint density at radius 2 is 1.38 bits per heavy atom. The van der Waals surface area contributed by atoms with Gasteiger partial charge in [0, 0.05) is 16.8 Å². The van der Waals surface area contributed by atoms with E-state index in [4.69, 9.17) is 5.73 Å². The lowest BCUT2D eigenvalue weighted by atomic mass is 9.80. The van der Waals surface area contributed by atoms with Gasteiger partial charge in [-0.3, -0.25) is 0 Å². The minimum Gasteiger partial charge on any atom is -0.398 e. The SMILES string of the molecule is C=C/C=C1\Cc2cc(-c3ccc4ccccc4c3)c(/C=C\C)c(N)c2C=C1c1ccc2ccccc2c1. The Bertz CT molecular complexity index is 1780. The molecule has 5 aromatic rings. The Labute approximate surface area is 218 Å². The van der Waals surface area contributed by atoms with Crippen molar-refractivity contribution in [1.29, 1.82) is 0 Å². The fourth-order valence-electron chi connectivity index (χ4n) is 5.51. The maximum atomic E-state index is 6.96. The molecule has 0 unspecified atom stereocenters. The molecule has 37 heavy (non-hydrogen) atoms. The monoisotopic (exact) mass is 475 g/mol. The van der Waals surface area contributed by atoms with Crippen molar-refractivity contribution in [3.05, 3.63) is 144 Å². The molecule has 1 aliphatic carbocycles. The number of rotatable bonds is 4. The van der Waals surface area contributed by atoms with Crippen molar-refractivity contribution in [2.24, 2.45) is 0 Å². The van der Waals surface area contributed by atoms with E-state index in [-0.39, 0.29) is 0 Å². The summed E-state index contributed by atoms with van der Waals surface area (Å²) < 4.78 is 0. The summed E-state index contributed by atoms with van der Waals surface area (Å²) in [6.45, 7) is 6.05. The molecule has 178 valence electrons. The van der Waals surface area contributed by atoms with Gasteiger partial charge in [-0.25, -0.2) is 0 Å². The molecule has 6 rings (SSSR count). The van der Waals surface area contributed by atoms with Crippen molar-refractivity contribution in [1.82, 2.24) is 0 Å². The number of nitrogens with two attached hydrogens (primary N) is 1. The average molecular weight is 476 g/mol. The highest BCUT2D eigenvalue weighted by molar-refractivity contribution is 6.02. The third-order valence-electron chi connectivity index (χ3n) is 7.32. The van der Waals surface area contributed by atoms with Gasteiger partial charge in [0.05, 0.1) is 0 Å². The molecule has 0 saturated heterocycles. The molecule has 0 heterocycles. The van der Waals surface area contributed by atoms with Crippen LogP contribution in [0.3, 0.4) is 0 Å². The zero-order valence-electron chi connectivity index (χ0n) is 21.0. The molecule has 1 heteroatoms. The highest BCUT2D eigenvalue weighted by Crippen LogP contribution is 2.43. The van der Waals surface area contributed by atoms with Crippen LogP contribution in [0.1, 0.15) is 29.2 Å². The quantitative estimate of drug-likeness (QED) is 0.257. The van der Waals surface area contributed by atoms with Gasteiger partial charge < -0.3 is 5.73 Å². The Kier molecular flexibility index (Phi) is 5.82. The molecule has 0 bridgehead atoms. The zero-order valence-corrected chi connectivity index (χ0v) is 21.0. The minimum absolute atomic E-state index is 0.806. The van der Waals surface area contributed by atoms with Gasteiger partial charge in [-0.2, -0.15) is 0 Å². The van der Waals surface area contributed by atoms with Crippen LogP contribution in [0.15, 0.2) is 121 Å². The van der Waals surface area contributed by atoms with Crippen LogP contribution in [0.5, 0.6) is 0 Å². The summed E-state index contributed by atoms with van der Waals surface area (Å²) in [5.41, 5.74) is 17.2. The second-order valence-electron chi connectivity index (χ2n) is 9.61. The van der Waals surface area contributed by atoms with Crippen LogP contribution in [0, 0.1) is 0 Å². The van der Waals surface area contributed by atoms with Crippen LogP contribution < -0.4 is 5.73 Å². The molecule has 0 fully saturated rings. The maximum absolute atomic E-state index is 6.96. The van der Waals surface area contributed by atoms with E-state index in [1.165, 1.54) is 54.9 Å². The van der Waals surface area contributed by atoms with Crippen LogP contribution in [-0.2, 0) is 6.42 Å². The normalized spacial score (nSPS) is 14.3. The first-order valence-corrected chi connectivity index (χ1v) is 12.8.